The predicted octanol–water partition coefficient (Wildman–Crippen LogP) is 4.25. The lowest BCUT2D eigenvalue weighted by atomic mass is 9.88. The lowest BCUT2D eigenvalue weighted by molar-refractivity contribution is -0.120. The van der Waals surface area contributed by atoms with Gasteiger partial charge in [-0.3, -0.25) is 9.69 Å². The van der Waals surface area contributed by atoms with Crippen molar-refractivity contribution < 1.29 is 13.9 Å². The van der Waals surface area contributed by atoms with Crippen LogP contribution in [0, 0.1) is 0 Å². The fourth-order valence-corrected chi connectivity index (χ4v) is 4.45. The summed E-state index contributed by atoms with van der Waals surface area (Å²) >= 11 is 6.08. The third kappa shape index (κ3) is 4.59. The number of carbonyl (C=O) groups excluding carboxylic acids is 1. The Kier molecular flexibility index (Phi) is 5.76. The number of rotatable bonds is 5. The maximum Gasteiger partial charge on any atom is 0.216 e. The molecule has 1 atom stereocenters. The molecule has 150 valence electrons. The first-order chi connectivity index (χ1) is 13.5. The van der Waals surface area contributed by atoms with Gasteiger partial charge in [0.05, 0.1) is 18.2 Å². The minimum absolute atomic E-state index is 0.00521. The number of halogens is 1. The van der Waals surface area contributed by atoms with E-state index in [0.717, 1.165) is 62.4 Å². The van der Waals surface area contributed by atoms with E-state index in [-0.39, 0.29) is 17.6 Å². The van der Waals surface area contributed by atoms with Crippen LogP contribution in [0.2, 0.25) is 5.02 Å². The molecular weight excluding hydrogens is 376 g/mol. The van der Waals surface area contributed by atoms with Gasteiger partial charge in [0.2, 0.25) is 5.91 Å². The van der Waals surface area contributed by atoms with Crippen LogP contribution in [0.4, 0.5) is 0 Å². The molecule has 0 saturated carbocycles. The van der Waals surface area contributed by atoms with Gasteiger partial charge >= 0.3 is 0 Å². The van der Waals surface area contributed by atoms with E-state index in [0.29, 0.717) is 11.6 Å². The monoisotopic (exact) mass is 402 g/mol. The van der Waals surface area contributed by atoms with Crippen molar-refractivity contribution in [1.29, 1.82) is 0 Å². The third-order valence-corrected chi connectivity index (χ3v) is 6.07. The Morgan fingerprint density at radius 2 is 2.07 bits per heavy atom. The number of furan rings is 1. The summed E-state index contributed by atoms with van der Waals surface area (Å²) in [4.78, 5) is 13.5. The molecule has 0 bridgehead atoms. The highest BCUT2D eigenvalue weighted by atomic mass is 35.5. The summed E-state index contributed by atoms with van der Waals surface area (Å²) in [6.45, 7) is 4.99. The molecule has 5 nitrogen and oxygen atoms in total. The van der Waals surface area contributed by atoms with E-state index in [1.54, 1.807) is 6.92 Å². The number of piperidine rings is 1. The molecule has 0 unspecified atom stereocenters. The molecule has 2 aliphatic rings. The number of carbonyl (C=O) groups is 1. The van der Waals surface area contributed by atoms with Crippen LogP contribution >= 0.6 is 11.6 Å². The van der Waals surface area contributed by atoms with E-state index in [1.807, 2.05) is 30.3 Å². The summed E-state index contributed by atoms with van der Waals surface area (Å²) in [6.07, 6.45) is 4.34. The van der Waals surface area contributed by atoms with E-state index in [4.69, 9.17) is 20.8 Å². The lowest BCUT2D eigenvalue weighted by Crippen LogP contribution is -2.44. The quantitative estimate of drug-likeness (QED) is 0.812. The van der Waals surface area contributed by atoms with Crippen LogP contribution < -0.4 is 5.32 Å². The fourth-order valence-electron chi connectivity index (χ4n) is 4.26. The van der Waals surface area contributed by atoms with Gasteiger partial charge in [-0.1, -0.05) is 23.7 Å². The van der Waals surface area contributed by atoms with Gasteiger partial charge in [-0.2, -0.15) is 0 Å². The molecule has 1 amide bonds. The summed E-state index contributed by atoms with van der Waals surface area (Å²) in [7, 11) is 0. The highest BCUT2D eigenvalue weighted by molar-refractivity contribution is 6.30. The largest absolute Gasteiger partial charge is 0.460 e. The molecule has 1 N–H and O–H groups in total. The Labute approximate surface area is 171 Å². The Morgan fingerprint density at radius 1 is 1.25 bits per heavy atom. The second-order valence-electron chi connectivity index (χ2n) is 7.95. The van der Waals surface area contributed by atoms with Crippen LogP contribution in [0.1, 0.15) is 38.4 Å². The molecule has 6 heteroatoms. The minimum Gasteiger partial charge on any atom is -0.460 e. The zero-order chi connectivity index (χ0) is 19.6. The van der Waals surface area contributed by atoms with Crippen molar-refractivity contribution >= 4 is 17.5 Å². The van der Waals surface area contributed by atoms with Gasteiger partial charge in [0, 0.05) is 37.1 Å². The van der Waals surface area contributed by atoms with Gasteiger partial charge in [-0.05, 0) is 49.9 Å². The molecule has 1 aromatic carbocycles. The van der Waals surface area contributed by atoms with E-state index in [1.165, 1.54) is 0 Å². The van der Waals surface area contributed by atoms with Crippen molar-refractivity contribution in [2.45, 2.75) is 50.9 Å². The molecule has 0 aliphatic carbocycles. The first-order valence-electron chi connectivity index (χ1n) is 10.0. The van der Waals surface area contributed by atoms with Crippen molar-refractivity contribution in [2.75, 3.05) is 19.6 Å². The number of benzene rings is 1. The molecule has 3 heterocycles. The molecule has 28 heavy (non-hydrogen) atoms. The summed E-state index contributed by atoms with van der Waals surface area (Å²) in [5, 5.41) is 3.59. The number of hydrogen-bond acceptors (Lipinski definition) is 4. The van der Waals surface area contributed by atoms with Crippen LogP contribution in [0.3, 0.4) is 0 Å². The molecule has 1 spiro atoms. The molecule has 4 rings (SSSR count). The van der Waals surface area contributed by atoms with Crippen molar-refractivity contribution in [2.24, 2.45) is 0 Å². The fraction of sp³-hybridized carbons (Fsp3) is 0.500. The van der Waals surface area contributed by atoms with Gasteiger partial charge in [0.15, 0.2) is 0 Å². The predicted molar refractivity (Wildman–Crippen MR) is 109 cm³/mol. The zero-order valence-corrected chi connectivity index (χ0v) is 17.0. The molecule has 2 saturated heterocycles. The maximum atomic E-state index is 11.1. The van der Waals surface area contributed by atoms with Crippen LogP contribution in [0.15, 0.2) is 40.8 Å². The third-order valence-electron chi connectivity index (χ3n) is 5.83. The zero-order valence-electron chi connectivity index (χ0n) is 16.2. The molecular formula is C22H27ClN2O3. The Hall–Kier alpha value is -1.82. The number of likely N-dealkylation sites (tertiary alicyclic amines) is 1. The summed E-state index contributed by atoms with van der Waals surface area (Å²) < 4.78 is 12.4. The summed E-state index contributed by atoms with van der Waals surface area (Å²) in [5.74, 6) is 1.84. The number of hydrogen-bond donors (Lipinski definition) is 1. The lowest BCUT2D eigenvalue weighted by Gasteiger charge is -2.38. The first-order valence-corrected chi connectivity index (χ1v) is 10.4. The summed E-state index contributed by atoms with van der Waals surface area (Å²) in [6, 6.07) is 11.8. The van der Waals surface area contributed by atoms with Gasteiger partial charge in [0.1, 0.15) is 11.5 Å². The average Bonchev–Trinajstić information content (AvgIpc) is 3.30. The van der Waals surface area contributed by atoms with Crippen LogP contribution in [-0.2, 0) is 16.1 Å². The molecule has 2 fully saturated rings. The molecule has 2 aromatic rings. The Balaban J connectivity index is 1.29. The number of amides is 1. The van der Waals surface area contributed by atoms with Gasteiger partial charge in [-0.25, -0.2) is 0 Å². The van der Waals surface area contributed by atoms with Crippen molar-refractivity contribution in [3.8, 4) is 11.3 Å². The Bertz CT molecular complexity index is 827. The normalized spacial score (nSPS) is 21.9. The van der Waals surface area contributed by atoms with Crippen LogP contribution in [0.25, 0.3) is 11.3 Å². The smallest absolute Gasteiger partial charge is 0.216 e. The number of nitrogens with zero attached hydrogens (tertiary/aromatic N) is 1. The van der Waals surface area contributed by atoms with Gasteiger partial charge in [-0.15, -0.1) is 0 Å². The van der Waals surface area contributed by atoms with Gasteiger partial charge < -0.3 is 14.5 Å². The van der Waals surface area contributed by atoms with E-state index >= 15 is 0 Å². The van der Waals surface area contributed by atoms with Crippen molar-refractivity contribution in [1.82, 2.24) is 10.2 Å². The van der Waals surface area contributed by atoms with E-state index in [2.05, 4.69) is 16.3 Å². The van der Waals surface area contributed by atoms with Gasteiger partial charge in [0.25, 0.3) is 0 Å². The number of nitrogens with one attached hydrogen (secondary N) is 1. The topological polar surface area (TPSA) is 54.7 Å². The second kappa shape index (κ2) is 8.27. The van der Waals surface area contributed by atoms with E-state index < -0.39 is 0 Å². The van der Waals surface area contributed by atoms with Crippen molar-refractivity contribution in [3.63, 3.8) is 0 Å². The van der Waals surface area contributed by atoms with E-state index in [9.17, 15) is 4.79 Å². The standard InChI is InChI=1S/C22H27ClN2O3/c1-16(26)24-14-19-7-8-22(28-19)9-11-25(12-10-22)15-20-5-6-21(27-20)17-3-2-4-18(23)13-17/h2-6,13,19H,7-12,14-15H2,1H3,(H,24,26)/t19-/m0/s1. The second-order valence-corrected chi connectivity index (χ2v) is 8.39. The Morgan fingerprint density at radius 3 is 2.82 bits per heavy atom. The highest BCUT2D eigenvalue weighted by Gasteiger charge is 2.42. The molecule has 2 aliphatic heterocycles. The van der Waals surface area contributed by atoms with Crippen LogP contribution in [-0.4, -0.2) is 42.1 Å². The SMILES string of the molecule is CC(=O)NC[C@@H]1CCC2(CCN(Cc3ccc(-c4cccc(Cl)c4)o3)CC2)O1. The molecule has 1 aromatic heterocycles. The maximum absolute atomic E-state index is 11.1. The van der Waals surface area contributed by atoms with Crippen LogP contribution in [0.5, 0.6) is 0 Å². The number of ether oxygens (including phenoxy) is 1. The summed E-state index contributed by atoms with van der Waals surface area (Å²) in [5.41, 5.74) is 0.996. The molecule has 0 radical (unpaired) electrons. The van der Waals surface area contributed by atoms with Crippen molar-refractivity contribution in [3.05, 3.63) is 47.2 Å². The first kappa shape index (κ1) is 19.5. The average molecular weight is 403 g/mol. The highest BCUT2D eigenvalue weighted by Crippen LogP contribution is 2.39. The minimum atomic E-state index is -0.00521.